The lowest BCUT2D eigenvalue weighted by molar-refractivity contribution is -0.115. The first-order valence-corrected chi connectivity index (χ1v) is 8.90. The Hall–Kier alpha value is -2.32. The van der Waals surface area contributed by atoms with Crippen LogP contribution in [0.2, 0.25) is 0 Å². The zero-order chi connectivity index (χ0) is 17.1. The third-order valence-corrected chi connectivity index (χ3v) is 5.08. The maximum absolute atomic E-state index is 12.4. The maximum Gasteiger partial charge on any atom is 0.237 e. The maximum atomic E-state index is 12.4. The molecular weight excluding hydrogens is 318 g/mol. The summed E-state index contributed by atoms with van der Waals surface area (Å²) in [7, 11) is 0. The number of pyridine rings is 1. The van der Waals surface area contributed by atoms with Crippen LogP contribution < -0.4 is 5.32 Å². The summed E-state index contributed by atoms with van der Waals surface area (Å²) in [4.78, 5) is 17.0. The number of aromatic nitrogens is 1. The summed E-state index contributed by atoms with van der Waals surface area (Å²) in [6.07, 6.45) is 2.32. The van der Waals surface area contributed by atoms with E-state index in [9.17, 15) is 10.1 Å². The van der Waals surface area contributed by atoms with E-state index in [-0.39, 0.29) is 11.2 Å². The van der Waals surface area contributed by atoms with E-state index in [1.54, 1.807) is 0 Å². The summed E-state index contributed by atoms with van der Waals surface area (Å²) in [5.41, 5.74) is 3.48. The third-order valence-electron chi connectivity index (χ3n) is 3.97. The predicted octanol–water partition coefficient (Wildman–Crippen LogP) is 4.26. The van der Waals surface area contributed by atoms with Crippen molar-refractivity contribution in [2.45, 2.75) is 42.9 Å². The van der Waals surface area contributed by atoms with Gasteiger partial charge in [-0.05, 0) is 51.0 Å². The van der Waals surface area contributed by atoms with Crippen LogP contribution in [0.1, 0.15) is 42.5 Å². The normalized spacial score (nSPS) is 14.7. The van der Waals surface area contributed by atoms with E-state index in [4.69, 9.17) is 0 Å². The average Bonchev–Trinajstić information content (AvgIpc) is 3.42. The second kappa shape index (κ2) is 7.06. The van der Waals surface area contributed by atoms with Gasteiger partial charge in [0.15, 0.2) is 0 Å². The van der Waals surface area contributed by atoms with Gasteiger partial charge in [0.1, 0.15) is 11.1 Å². The van der Waals surface area contributed by atoms with Crippen molar-refractivity contribution in [2.75, 3.05) is 5.32 Å². The predicted molar refractivity (Wildman–Crippen MR) is 96.1 cm³/mol. The van der Waals surface area contributed by atoms with E-state index in [1.807, 2.05) is 50.2 Å². The SMILES string of the molecule is Cc1ccc(NC(=O)C(C)Sc2nc(C3CC3)ccc2C#N)cc1. The van der Waals surface area contributed by atoms with Gasteiger partial charge in [-0.25, -0.2) is 4.98 Å². The highest BCUT2D eigenvalue weighted by Gasteiger charge is 2.26. The van der Waals surface area contributed by atoms with Gasteiger partial charge in [-0.1, -0.05) is 29.5 Å². The van der Waals surface area contributed by atoms with E-state index >= 15 is 0 Å². The monoisotopic (exact) mass is 337 g/mol. The molecule has 0 bridgehead atoms. The van der Waals surface area contributed by atoms with Crippen molar-refractivity contribution in [1.82, 2.24) is 4.98 Å². The highest BCUT2D eigenvalue weighted by atomic mass is 32.2. The molecule has 2 aromatic rings. The Labute approximate surface area is 146 Å². The van der Waals surface area contributed by atoms with Crippen LogP contribution in [0.3, 0.4) is 0 Å². The minimum absolute atomic E-state index is 0.0913. The van der Waals surface area contributed by atoms with E-state index < -0.39 is 0 Å². The fourth-order valence-corrected chi connectivity index (χ4v) is 3.24. The van der Waals surface area contributed by atoms with E-state index in [0.717, 1.165) is 29.8 Å². The summed E-state index contributed by atoms with van der Waals surface area (Å²) in [5, 5.41) is 12.5. The fraction of sp³-hybridized carbons (Fsp3) is 0.316. The van der Waals surface area contributed by atoms with Gasteiger partial charge in [0.05, 0.1) is 10.8 Å². The number of hydrogen-bond acceptors (Lipinski definition) is 4. The van der Waals surface area contributed by atoms with Gasteiger partial charge >= 0.3 is 0 Å². The van der Waals surface area contributed by atoms with E-state index in [1.165, 1.54) is 11.8 Å². The van der Waals surface area contributed by atoms with Crippen LogP contribution in [-0.2, 0) is 4.79 Å². The molecule has 1 saturated carbocycles. The molecule has 1 unspecified atom stereocenters. The number of benzene rings is 1. The second-order valence-electron chi connectivity index (χ2n) is 6.09. The Morgan fingerprint density at radius 1 is 1.29 bits per heavy atom. The molecule has 1 N–H and O–H groups in total. The molecule has 0 spiro atoms. The molecule has 0 aliphatic heterocycles. The topological polar surface area (TPSA) is 65.8 Å². The molecule has 1 aliphatic rings. The molecule has 122 valence electrons. The van der Waals surface area contributed by atoms with Crippen LogP contribution in [0.25, 0.3) is 0 Å². The highest BCUT2D eigenvalue weighted by molar-refractivity contribution is 8.00. The first-order valence-electron chi connectivity index (χ1n) is 8.02. The summed E-state index contributed by atoms with van der Waals surface area (Å²) in [6.45, 7) is 3.84. The molecule has 0 radical (unpaired) electrons. The van der Waals surface area contributed by atoms with E-state index in [0.29, 0.717) is 16.5 Å². The zero-order valence-electron chi connectivity index (χ0n) is 13.7. The van der Waals surface area contributed by atoms with Gasteiger partial charge in [0, 0.05) is 17.3 Å². The van der Waals surface area contributed by atoms with Gasteiger partial charge in [-0.15, -0.1) is 0 Å². The number of carbonyl (C=O) groups excluding carboxylic acids is 1. The summed E-state index contributed by atoms with van der Waals surface area (Å²) in [5.74, 6) is 0.431. The van der Waals surface area contributed by atoms with Crippen LogP contribution >= 0.6 is 11.8 Å². The van der Waals surface area contributed by atoms with Crippen LogP contribution in [0.4, 0.5) is 5.69 Å². The smallest absolute Gasteiger partial charge is 0.237 e. The Morgan fingerprint density at radius 3 is 2.62 bits per heavy atom. The zero-order valence-corrected chi connectivity index (χ0v) is 14.6. The fourth-order valence-electron chi connectivity index (χ4n) is 2.34. The van der Waals surface area contributed by atoms with Crippen molar-refractivity contribution in [3.05, 3.63) is 53.2 Å². The molecule has 1 aromatic heterocycles. The number of anilines is 1. The molecule has 4 nitrogen and oxygen atoms in total. The first-order chi connectivity index (χ1) is 11.6. The van der Waals surface area contributed by atoms with Crippen molar-refractivity contribution < 1.29 is 4.79 Å². The summed E-state index contributed by atoms with van der Waals surface area (Å²) in [6, 6.07) is 13.6. The number of carbonyl (C=O) groups is 1. The number of thioether (sulfide) groups is 1. The number of nitrogens with one attached hydrogen (secondary N) is 1. The minimum Gasteiger partial charge on any atom is -0.325 e. The van der Waals surface area contributed by atoms with Crippen molar-refractivity contribution in [2.24, 2.45) is 0 Å². The Kier molecular flexibility index (Phi) is 4.86. The minimum atomic E-state index is -0.333. The van der Waals surface area contributed by atoms with Gasteiger partial charge in [0.25, 0.3) is 0 Å². The molecule has 1 aliphatic carbocycles. The largest absolute Gasteiger partial charge is 0.325 e. The Morgan fingerprint density at radius 2 is 2.00 bits per heavy atom. The number of nitriles is 1. The van der Waals surface area contributed by atoms with Crippen molar-refractivity contribution in [3.8, 4) is 6.07 Å². The Bertz CT molecular complexity index is 791. The summed E-state index contributed by atoms with van der Waals surface area (Å²) < 4.78 is 0. The second-order valence-corrected chi connectivity index (χ2v) is 7.42. The molecular formula is C19H19N3OS. The standard InChI is InChI=1S/C19H19N3OS/c1-12-3-8-16(9-4-12)21-18(23)13(2)24-19-15(11-20)7-10-17(22-19)14-5-6-14/h3-4,7-10,13-14H,5-6H2,1-2H3,(H,21,23). The van der Waals surface area contributed by atoms with Crippen LogP contribution in [0.15, 0.2) is 41.4 Å². The molecule has 3 rings (SSSR count). The molecule has 1 atom stereocenters. The molecule has 24 heavy (non-hydrogen) atoms. The average molecular weight is 337 g/mol. The molecule has 1 heterocycles. The lowest BCUT2D eigenvalue weighted by Crippen LogP contribution is -2.22. The van der Waals surface area contributed by atoms with Gasteiger partial charge < -0.3 is 5.32 Å². The van der Waals surface area contributed by atoms with Crippen LogP contribution in [-0.4, -0.2) is 16.1 Å². The first kappa shape index (κ1) is 16.5. The van der Waals surface area contributed by atoms with Crippen molar-refractivity contribution in [3.63, 3.8) is 0 Å². The van der Waals surface area contributed by atoms with E-state index in [2.05, 4.69) is 16.4 Å². The number of aryl methyl sites for hydroxylation is 1. The number of amides is 1. The quantitative estimate of drug-likeness (QED) is 0.828. The van der Waals surface area contributed by atoms with Crippen molar-refractivity contribution >= 4 is 23.4 Å². The molecule has 0 saturated heterocycles. The number of hydrogen-bond donors (Lipinski definition) is 1. The Balaban J connectivity index is 1.70. The van der Waals surface area contributed by atoms with Gasteiger partial charge in [0.2, 0.25) is 5.91 Å². The lowest BCUT2D eigenvalue weighted by Gasteiger charge is -2.13. The van der Waals surface area contributed by atoms with Crippen LogP contribution in [0.5, 0.6) is 0 Å². The number of rotatable bonds is 5. The molecule has 1 aromatic carbocycles. The molecule has 1 fully saturated rings. The van der Waals surface area contributed by atoms with Crippen molar-refractivity contribution in [1.29, 1.82) is 5.26 Å². The highest BCUT2D eigenvalue weighted by Crippen LogP contribution is 2.40. The molecule has 5 heteroatoms. The van der Waals surface area contributed by atoms with Gasteiger partial charge in [-0.3, -0.25) is 4.79 Å². The molecule has 1 amide bonds. The summed E-state index contributed by atoms with van der Waals surface area (Å²) >= 11 is 1.34. The number of nitrogens with zero attached hydrogens (tertiary/aromatic N) is 2. The third kappa shape index (κ3) is 3.95. The van der Waals surface area contributed by atoms with Gasteiger partial charge in [-0.2, -0.15) is 5.26 Å². The lowest BCUT2D eigenvalue weighted by atomic mass is 10.2. The van der Waals surface area contributed by atoms with Crippen LogP contribution in [0, 0.1) is 18.3 Å².